The lowest BCUT2D eigenvalue weighted by atomic mass is 9.89. The Morgan fingerprint density at radius 3 is 2.46 bits per heavy atom. The van der Waals surface area contributed by atoms with Gasteiger partial charge in [0.05, 0.1) is 7.11 Å². The summed E-state index contributed by atoms with van der Waals surface area (Å²) < 4.78 is 6.58. The van der Waals surface area contributed by atoms with Crippen LogP contribution in [0.1, 0.15) is 74.0 Å². The molecule has 1 fully saturated rings. The molecule has 1 aromatic rings. The van der Waals surface area contributed by atoms with Gasteiger partial charge in [0.15, 0.2) is 0 Å². The monoisotopic (exact) mass is 390 g/mol. The first-order chi connectivity index (χ1) is 13.3. The third kappa shape index (κ3) is 5.03. The van der Waals surface area contributed by atoms with Gasteiger partial charge in [0.25, 0.3) is 11.5 Å². The highest BCUT2D eigenvalue weighted by molar-refractivity contribution is 5.96. The van der Waals surface area contributed by atoms with Crippen LogP contribution in [0.4, 0.5) is 0 Å². The summed E-state index contributed by atoms with van der Waals surface area (Å²) in [5.74, 6) is -0.617. The number of esters is 1. The van der Waals surface area contributed by atoms with Crippen molar-refractivity contribution in [3.8, 4) is 0 Å². The van der Waals surface area contributed by atoms with Crippen molar-refractivity contribution >= 4 is 11.9 Å². The highest BCUT2D eigenvalue weighted by Crippen LogP contribution is 2.25. The zero-order valence-corrected chi connectivity index (χ0v) is 17.8. The van der Waals surface area contributed by atoms with E-state index < -0.39 is 17.9 Å². The van der Waals surface area contributed by atoms with Crippen LogP contribution in [-0.4, -0.2) is 29.6 Å². The molecule has 0 bridgehead atoms. The summed E-state index contributed by atoms with van der Waals surface area (Å²) in [6.07, 6.45) is 6.62. The zero-order valence-electron chi connectivity index (χ0n) is 17.8. The molecule has 0 aromatic carbocycles. The van der Waals surface area contributed by atoms with E-state index >= 15 is 0 Å². The van der Waals surface area contributed by atoms with Crippen molar-refractivity contribution in [2.75, 3.05) is 7.11 Å². The topological polar surface area (TPSA) is 77.4 Å². The minimum Gasteiger partial charge on any atom is -0.467 e. The maximum atomic E-state index is 13.1. The van der Waals surface area contributed by atoms with Crippen LogP contribution in [0, 0.1) is 25.7 Å². The average Bonchev–Trinajstić information content (AvgIpc) is 2.71. The first-order valence-corrected chi connectivity index (χ1v) is 10.4. The number of methoxy groups -OCH3 is 1. The lowest BCUT2D eigenvalue weighted by Gasteiger charge is -2.25. The third-order valence-electron chi connectivity index (χ3n) is 6.18. The fourth-order valence-electron chi connectivity index (χ4n) is 3.92. The van der Waals surface area contributed by atoms with E-state index in [1.807, 2.05) is 27.7 Å². The molecule has 156 valence electrons. The fourth-order valence-corrected chi connectivity index (χ4v) is 3.92. The van der Waals surface area contributed by atoms with Crippen LogP contribution < -0.4 is 10.9 Å². The number of nitrogens with one attached hydrogen (secondary N) is 1. The van der Waals surface area contributed by atoms with Crippen molar-refractivity contribution in [1.29, 1.82) is 0 Å². The Hall–Kier alpha value is -2.11. The second-order valence-corrected chi connectivity index (χ2v) is 8.11. The standard InChI is InChI=1S/C22H34N2O4/c1-6-14(2)19(22(27)28-5)23-20(25)18-12-15(3)16(4)24(21(18)26)13-17-10-8-7-9-11-17/h12,14,17,19H,6-11,13H2,1-5H3,(H,23,25). The molecule has 6 nitrogen and oxygen atoms in total. The maximum absolute atomic E-state index is 13.1. The van der Waals surface area contributed by atoms with Crippen LogP contribution in [0.15, 0.2) is 10.9 Å². The minimum atomic E-state index is -0.768. The summed E-state index contributed by atoms with van der Waals surface area (Å²) in [6.45, 7) is 8.31. The molecule has 2 rings (SSSR count). The van der Waals surface area contributed by atoms with E-state index in [0.717, 1.165) is 24.1 Å². The molecule has 28 heavy (non-hydrogen) atoms. The van der Waals surface area contributed by atoms with Gasteiger partial charge in [-0.05, 0) is 50.2 Å². The van der Waals surface area contributed by atoms with Gasteiger partial charge in [-0.2, -0.15) is 0 Å². The number of aromatic nitrogens is 1. The predicted molar refractivity (Wildman–Crippen MR) is 109 cm³/mol. The van der Waals surface area contributed by atoms with E-state index in [-0.39, 0.29) is 17.0 Å². The molecule has 2 unspecified atom stereocenters. The molecule has 0 spiro atoms. The molecular weight excluding hydrogens is 356 g/mol. The number of carbonyl (C=O) groups excluding carboxylic acids is 2. The second kappa shape index (κ2) is 9.89. The van der Waals surface area contributed by atoms with Gasteiger partial charge in [0.2, 0.25) is 0 Å². The number of pyridine rings is 1. The Kier molecular flexibility index (Phi) is 7.84. The van der Waals surface area contributed by atoms with Gasteiger partial charge in [-0.25, -0.2) is 4.79 Å². The average molecular weight is 391 g/mol. The molecule has 1 N–H and O–H groups in total. The molecule has 0 aliphatic heterocycles. The van der Waals surface area contributed by atoms with E-state index in [1.165, 1.54) is 26.4 Å². The quantitative estimate of drug-likeness (QED) is 0.724. The van der Waals surface area contributed by atoms with Crippen LogP contribution in [0.25, 0.3) is 0 Å². The highest BCUT2D eigenvalue weighted by Gasteiger charge is 2.28. The Morgan fingerprint density at radius 2 is 1.89 bits per heavy atom. The van der Waals surface area contributed by atoms with E-state index in [1.54, 1.807) is 10.6 Å². The van der Waals surface area contributed by atoms with Crippen molar-refractivity contribution in [2.45, 2.75) is 78.8 Å². The van der Waals surface area contributed by atoms with E-state index in [4.69, 9.17) is 4.74 Å². The number of hydrogen-bond acceptors (Lipinski definition) is 4. The van der Waals surface area contributed by atoms with Crippen molar-refractivity contribution in [3.05, 3.63) is 33.2 Å². The molecule has 0 radical (unpaired) electrons. The highest BCUT2D eigenvalue weighted by atomic mass is 16.5. The number of ether oxygens (including phenoxy) is 1. The summed E-state index contributed by atoms with van der Waals surface area (Å²) in [7, 11) is 1.30. The first kappa shape index (κ1) is 22.2. The molecular formula is C22H34N2O4. The predicted octanol–water partition coefficient (Wildman–Crippen LogP) is 3.36. The number of hydrogen-bond donors (Lipinski definition) is 1. The number of nitrogens with zero attached hydrogens (tertiary/aromatic N) is 1. The maximum Gasteiger partial charge on any atom is 0.328 e. The Balaban J connectivity index is 2.32. The Bertz CT molecular complexity index is 763. The van der Waals surface area contributed by atoms with Crippen LogP contribution in [0.5, 0.6) is 0 Å². The van der Waals surface area contributed by atoms with Crippen LogP contribution >= 0.6 is 0 Å². The van der Waals surface area contributed by atoms with Gasteiger partial charge in [-0.3, -0.25) is 9.59 Å². The lowest BCUT2D eigenvalue weighted by molar-refractivity contribution is -0.144. The molecule has 1 saturated carbocycles. The summed E-state index contributed by atoms with van der Waals surface area (Å²) in [6, 6.07) is 0.866. The van der Waals surface area contributed by atoms with Gasteiger partial charge in [0.1, 0.15) is 11.6 Å². The van der Waals surface area contributed by atoms with Gasteiger partial charge in [-0.15, -0.1) is 0 Å². The second-order valence-electron chi connectivity index (χ2n) is 8.11. The normalized spacial score (nSPS) is 17.0. The van der Waals surface area contributed by atoms with Crippen molar-refractivity contribution < 1.29 is 14.3 Å². The minimum absolute atomic E-state index is 0.0904. The summed E-state index contributed by atoms with van der Waals surface area (Å²) in [5.41, 5.74) is 1.62. The van der Waals surface area contributed by atoms with E-state index in [0.29, 0.717) is 18.9 Å². The Morgan fingerprint density at radius 1 is 1.25 bits per heavy atom. The summed E-state index contributed by atoms with van der Waals surface area (Å²) in [4.78, 5) is 38.1. The Labute approximate surface area is 167 Å². The lowest BCUT2D eigenvalue weighted by Crippen LogP contribution is -2.47. The molecule has 6 heteroatoms. The fraction of sp³-hybridized carbons (Fsp3) is 0.682. The molecule has 1 aliphatic carbocycles. The van der Waals surface area contributed by atoms with Crippen LogP contribution in [-0.2, 0) is 16.1 Å². The summed E-state index contributed by atoms with van der Waals surface area (Å²) in [5, 5.41) is 2.73. The third-order valence-corrected chi connectivity index (χ3v) is 6.18. The number of carbonyl (C=O) groups is 2. The molecule has 2 atom stereocenters. The van der Waals surface area contributed by atoms with Gasteiger partial charge in [0, 0.05) is 12.2 Å². The number of aryl methyl sites for hydroxylation is 1. The molecule has 0 saturated heterocycles. The zero-order chi connectivity index (χ0) is 20.8. The van der Waals surface area contributed by atoms with Crippen LogP contribution in [0.3, 0.4) is 0 Å². The van der Waals surface area contributed by atoms with Crippen molar-refractivity contribution in [3.63, 3.8) is 0 Å². The SMILES string of the molecule is CCC(C)C(NC(=O)c1cc(C)c(C)n(CC2CCCCC2)c1=O)C(=O)OC. The number of amides is 1. The molecule has 1 heterocycles. The van der Waals surface area contributed by atoms with Crippen LogP contribution in [0.2, 0.25) is 0 Å². The summed E-state index contributed by atoms with van der Waals surface area (Å²) >= 11 is 0. The van der Waals surface area contributed by atoms with Gasteiger partial charge >= 0.3 is 5.97 Å². The largest absolute Gasteiger partial charge is 0.467 e. The van der Waals surface area contributed by atoms with Gasteiger partial charge in [-0.1, -0.05) is 39.5 Å². The number of rotatable bonds is 7. The first-order valence-electron chi connectivity index (χ1n) is 10.4. The molecule has 1 amide bonds. The van der Waals surface area contributed by atoms with E-state index in [9.17, 15) is 14.4 Å². The molecule has 1 aromatic heterocycles. The smallest absolute Gasteiger partial charge is 0.328 e. The van der Waals surface area contributed by atoms with Gasteiger partial charge < -0.3 is 14.6 Å². The van der Waals surface area contributed by atoms with Crippen molar-refractivity contribution in [2.24, 2.45) is 11.8 Å². The molecule has 1 aliphatic rings. The van der Waals surface area contributed by atoms with Crippen molar-refractivity contribution in [1.82, 2.24) is 9.88 Å². The van der Waals surface area contributed by atoms with E-state index in [2.05, 4.69) is 5.32 Å².